The minimum Gasteiger partial charge on any atom is -0.507 e. The molecule has 8 nitrogen and oxygen atoms in total. The highest BCUT2D eigenvalue weighted by Gasteiger charge is 2.17. The molecule has 8 heteroatoms. The molecule has 6 aromatic rings. The second-order valence-corrected chi connectivity index (χ2v) is 9.32. The first-order valence-electron chi connectivity index (χ1n) is 12.3. The van der Waals surface area contributed by atoms with E-state index < -0.39 is 5.63 Å². The highest BCUT2D eigenvalue weighted by atomic mass is 16.4. The lowest BCUT2D eigenvalue weighted by Crippen LogP contribution is -2.30. The van der Waals surface area contributed by atoms with E-state index in [0.29, 0.717) is 30.8 Å². The molecule has 1 N–H and O–H groups in total. The average Bonchev–Trinajstić information content (AvgIpc) is 3.51. The first-order chi connectivity index (χ1) is 18.1. The van der Waals surface area contributed by atoms with Gasteiger partial charge < -0.3 is 18.7 Å². The Morgan fingerprint density at radius 1 is 0.865 bits per heavy atom. The summed E-state index contributed by atoms with van der Waals surface area (Å²) in [6, 6.07) is 21.1. The molecule has 3 aromatic heterocycles. The van der Waals surface area contributed by atoms with Crippen LogP contribution < -0.4 is 5.63 Å². The largest absolute Gasteiger partial charge is 0.507 e. The number of nitrogens with zero attached hydrogens (tertiary/aromatic N) is 5. The molecular formula is C29H27N5O3. The van der Waals surface area contributed by atoms with Crippen molar-refractivity contribution in [1.82, 2.24) is 24.0 Å². The summed E-state index contributed by atoms with van der Waals surface area (Å²) < 4.78 is 9.88. The highest BCUT2D eigenvalue weighted by molar-refractivity contribution is 5.84. The minimum absolute atomic E-state index is 0.118. The third-order valence-corrected chi connectivity index (χ3v) is 6.95. The van der Waals surface area contributed by atoms with Gasteiger partial charge in [0.1, 0.15) is 11.3 Å². The van der Waals surface area contributed by atoms with Crippen molar-refractivity contribution in [2.24, 2.45) is 0 Å². The summed E-state index contributed by atoms with van der Waals surface area (Å²) in [7, 11) is 0. The monoisotopic (exact) mass is 493 g/mol. The maximum absolute atomic E-state index is 12.2. The van der Waals surface area contributed by atoms with Gasteiger partial charge in [-0.1, -0.05) is 24.3 Å². The maximum Gasteiger partial charge on any atom is 0.336 e. The molecule has 0 atom stereocenters. The van der Waals surface area contributed by atoms with E-state index >= 15 is 0 Å². The van der Waals surface area contributed by atoms with Gasteiger partial charge >= 0.3 is 5.63 Å². The molecule has 0 aliphatic carbocycles. The second-order valence-electron chi connectivity index (χ2n) is 9.32. The van der Waals surface area contributed by atoms with Crippen molar-refractivity contribution in [3.8, 4) is 5.75 Å². The quantitative estimate of drug-likeness (QED) is 0.309. The lowest BCUT2D eigenvalue weighted by molar-refractivity contribution is 0.243. The highest BCUT2D eigenvalue weighted by Crippen LogP contribution is 2.29. The molecule has 0 amide bonds. The van der Waals surface area contributed by atoms with Gasteiger partial charge in [0.05, 0.1) is 40.3 Å². The Kier molecular flexibility index (Phi) is 5.94. The fraction of sp³-hybridized carbons (Fsp3) is 0.207. The van der Waals surface area contributed by atoms with Crippen LogP contribution in [-0.2, 0) is 19.6 Å². The number of aromatic nitrogens is 4. The molecule has 0 aliphatic rings. The summed E-state index contributed by atoms with van der Waals surface area (Å²) in [6.45, 7) is 5.16. The molecule has 3 heterocycles. The fourth-order valence-electron chi connectivity index (χ4n) is 4.95. The second kappa shape index (κ2) is 9.55. The van der Waals surface area contributed by atoms with Crippen LogP contribution in [0.25, 0.3) is 33.0 Å². The Labute approximate surface area is 213 Å². The predicted octanol–water partition coefficient (Wildman–Crippen LogP) is 4.71. The number of aromatic hydroxyl groups is 1. The van der Waals surface area contributed by atoms with Gasteiger partial charge in [-0.2, -0.15) is 0 Å². The SMILES string of the molecule is Cc1cc(=O)oc2c(CN(CCn3cnc4ccccc43)CCn3cnc4ccccc43)c(O)ccc12. The number of aryl methyl sites for hydroxylation is 1. The minimum atomic E-state index is -0.418. The number of para-hydroxylation sites is 4. The van der Waals surface area contributed by atoms with Crippen molar-refractivity contribution in [1.29, 1.82) is 0 Å². The number of imidazole rings is 2. The van der Waals surface area contributed by atoms with E-state index in [0.717, 1.165) is 46.1 Å². The number of phenolic OH excluding ortho intramolecular Hbond substituents is 1. The molecule has 0 spiro atoms. The van der Waals surface area contributed by atoms with Crippen LogP contribution in [-0.4, -0.2) is 42.2 Å². The number of phenols is 1. The van der Waals surface area contributed by atoms with Gasteiger partial charge in [0, 0.05) is 44.2 Å². The maximum atomic E-state index is 12.2. The molecule has 0 saturated carbocycles. The Bertz CT molecular complexity index is 1700. The lowest BCUT2D eigenvalue weighted by Gasteiger charge is -2.24. The van der Waals surface area contributed by atoms with Crippen molar-refractivity contribution in [2.45, 2.75) is 26.6 Å². The van der Waals surface area contributed by atoms with Crippen molar-refractivity contribution < 1.29 is 9.52 Å². The summed E-state index contributed by atoms with van der Waals surface area (Å²) in [5, 5.41) is 11.6. The third kappa shape index (κ3) is 4.47. The fourth-order valence-corrected chi connectivity index (χ4v) is 4.95. The number of fused-ring (bicyclic) bond motifs is 3. The zero-order chi connectivity index (χ0) is 25.4. The standard InChI is InChI=1S/C29H27N5O3/c1-20-16-28(36)37-29-21(20)10-11-27(35)22(29)17-32(12-14-33-18-30-23-6-2-4-8-25(23)33)13-15-34-19-31-24-7-3-5-9-26(24)34/h2-11,16,18-19,35H,12-15,17H2,1H3. The van der Waals surface area contributed by atoms with Crippen LogP contribution >= 0.6 is 0 Å². The zero-order valence-electron chi connectivity index (χ0n) is 20.5. The van der Waals surface area contributed by atoms with E-state index in [1.54, 1.807) is 12.1 Å². The van der Waals surface area contributed by atoms with Gasteiger partial charge in [-0.3, -0.25) is 4.90 Å². The molecule has 37 heavy (non-hydrogen) atoms. The van der Waals surface area contributed by atoms with Crippen molar-refractivity contribution >= 4 is 33.0 Å². The third-order valence-electron chi connectivity index (χ3n) is 6.95. The predicted molar refractivity (Wildman–Crippen MR) is 144 cm³/mol. The van der Waals surface area contributed by atoms with Crippen LogP contribution in [0.1, 0.15) is 11.1 Å². The van der Waals surface area contributed by atoms with Crippen LogP contribution in [0.3, 0.4) is 0 Å². The van der Waals surface area contributed by atoms with Gasteiger partial charge in [-0.05, 0) is 48.9 Å². The van der Waals surface area contributed by atoms with Crippen LogP contribution in [0.4, 0.5) is 0 Å². The van der Waals surface area contributed by atoms with E-state index in [-0.39, 0.29) is 5.75 Å². The zero-order valence-corrected chi connectivity index (χ0v) is 20.5. The summed E-state index contributed by atoms with van der Waals surface area (Å²) in [5.74, 6) is 0.118. The van der Waals surface area contributed by atoms with Crippen LogP contribution in [0, 0.1) is 6.92 Å². The van der Waals surface area contributed by atoms with Crippen LogP contribution in [0.15, 0.2) is 88.6 Å². The van der Waals surface area contributed by atoms with Gasteiger partial charge in [0.2, 0.25) is 0 Å². The van der Waals surface area contributed by atoms with Crippen molar-refractivity contribution in [3.63, 3.8) is 0 Å². The number of benzene rings is 3. The van der Waals surface area contributed by atoms with Crippen LogP contribution in [0.5, 0.6) is 5.75 Å². The smallest absolute Gasteiger partial charge is 0.336 e. The summed E-state index contributed by atoms with van der Waals surface area (Å²) in [5.41, 5.74) is 5.55. The molecule has 186 valence electrons. The topological polar surface area (TPSA) is 89.3 Å². The Balaban J connectivity index is 1.32. The van der Waals surface area contributed by atoms with Gasteiger partial charge in [-0.15, -0.1) is 0 Å². The summed E-state index contributed by atoms with van der Waals surface area (Å²) >= 11 is 0. The van der Waals surface area contributed by atoms with Crippen LogP contribution in [0.2, 0.25) is 0 Å². The Morgan fingerprint density at radius 2 is 1.46 bits per heavy atom. The molecule has 0 aliphatic heterocycles. The van der Waals surface area contributed by atoms with Gasteiger partial charge in [0.25, 0.3) is 0 Å². The number of rotatable bonds is 8. The molecular weight excluding hydrogens is 466 g/mol. The summed E-state index contributed by atoms with van der Waals surface area (Å²) in [4.78, 5) is 23.5. The van der Waals surface area contributed by atoms with Gasteiger partial charge in [0.15, 0.2) is 0 Å². The van der Waals surface area contributed by atoms with Crippen molar-refractivity contribution in [2.75, 3.05) is 13.1 Å². The van der Waals surface area contributed by atoms with E-state index in [1.807, 2.05) is 56.0 Å². The molecule has 0 unspecified atom stereocenters. The normalized spacial score (nSPS) is 11.8. The van der Waals surface area contributed by atoms with Gasteiger partial charge in [-0.25, -0.2) is 14.8 Å². The lowest BCUT2D eigenvalue weighted by atomic mass is 10.1. The molecule has 0 radical (unpaired) electrons. The van der Waals surface area contributed by atoms with E-state index in [9.17, 15) is 9.90 Å². The average molecular weight is 494 g/mol. The van der Waals surface area contributed by atoms with E-state index in [2.05, 4.69) is 36.1 Å². The number of hydrogen-bond acceptors (Lipinski definition) is 6. The van der Waals surface area contributed by atoms with Crippen molar-refractivity contribution in [3.05, 3.63) is 101 Å². The molecule has 0 bridgehead atoms. The molecule has 0 saturated heterocycles. The molecule has 0 fully saturated rings. The molecule has 6 rings (SSSR count). The molecule has 3 aromatic carbocycles. The first-order valence-corrected chi connectivity index (χ1v) is 12.3. The first kappa shape index (κ1) is 23.0. The Hall–Kier alpha value is -4.43. The van der Waals surface area contributed by atoms with E-state index in [4.69, 9.17) is 4.42 Å². The van der Waals surface area contributed by atoms with E-state index in [1.165, 1.54) is 6.07 Å². The number of hydrogen-bond donors (Lipinski definition) is 1. The Morgan fingerprint density at radius 3 is 2.08 bits per heavy atom. The summed E-state index contributed by atoms with van der Waals surface area (Å²) in [6.07, 6.45) is 3.73.